The van der Waals surface area contributed by atoms with E-state index in [1.807, 2.05) is 0 Å². The number of pyridine rings is 1. The van der Waals surface area contributed by atoms with Crippen molar-refractivity contribution in [2.24, 2.45) is 0 Å². The van der Waals surface area contributed by atoms with E-state index >= 15 is 0 Å². The topological polar surface area (TPSA) is 59.1 Å². The summed E-state index contributed by atoms with van der Waals surface area (Å²) in [6, 6.07) is 0. The van der Waals surface area contributed by atoms with Crippen LogP contribution in [-0.4, -0.2) is 10.1 Å². The molecule has 0 aromatic carbocycles. The van der Waals surface area contributed by atoms with Crippen LogP contribution in [0.5, 0.6) is 5.75 Å². The van der Waals surface area contributed by atoms with E-state index in [2.05, 4.69) is 4.98 Å². The maximum atomic E-state index is 12.1. The molecule has 3 nitrogen and oxygen atoms in total. The highest BCUT2D eigenvalue weighted by atomic mass is 19.3. The Labute approximate surface area is 67.8 Å². The summed E-state index contributed by atoms with van der Waals surface area (Å²) in [5, 5.41) is 8.97. The molecule has 1 aromatic heterocycles. The molecule has 0 aliphatic heterocycles. The Morgan fingerprint density at radius 1 is 1.58 bits per heavy atom. The van der Waals surface area contributed by atoms with Crippen LogP contribution in [-0.2, 0) is 0 Å². The predicted octanol–water partition coefficient (Wildman–Crippen LogP) is 1.62. The van der Waals surface area contributed by atoms with Gasteiger partial charge in [-0.05, 0) is 6.92 Å². The maximum absolute atomic E-state index is 12.1. The number of halogens is 2. The first kappa shape index (κ1) is 8.70. The molecular formula is C7H8F2N2O. The summed E-state index contributed by atoms with van der Waals surface area (Å²) >= 11 is 0. The molecular weight excluding hydrogens is 166 g/mol. The van der Waals surface area contributed by atoms with Gasteiger partial charge in [-0.25, -0.2) is 8.78 Å². The third-order valence-electron chi connectivity index (χ3n) is 1.60. The molecule has 0 unspecified atom stereocenters. The molecule has 66 valence electrons. The van der Waals surface area contributed by atoms with Crippen LogP contribution in [0.15, 0.2) is 6.20 Å². The van der Waals surface area contributed by atoms with Crippen molar-refractivity contribution in [2.45, 2.75) is 13.3 Å². The van der Waals surface area contributed by atoms with Crippen molar-refractivity contribution in [1.82, 2.24) is 4.98 Å². The predicted molar refractivity (Wildman–Crippen MR) is 40.0 cm³/mol. The minimum Gasteiger partial charge on any atom is -0.504 e. The minimum atomic E-state index is -2.66. The van der Waals surface area contributed by atoms with Crippen molar-refractivity contribution in [3.05, 3.63) is 17.5 Å². The quantitative estimate of drug-likeness (QED) is 0.680. The number of rotatable bonds is 1. The van der Waals surface area contributed by atoms with Gasteiger partial charge in [0.05, 0.1) is 11.9 Å². The van der Waals surface area contributed by atoms with Gasteiger partial charge in [-0.1, -0.05) is 0 Å². The number of aromatic hydroxyl groups is 1. The fraction of sp³-hybridized carbons (Fsp3) is 0.286. The van der Waals surface area contributed by atoms with Crippen LogP contribution in [0.2, 0.25) is 0 Å². The number of aromatic nitrogens is 1. The van der Waals surface area contributed by atoms with Crippen molar-refractivity contribution in [3.63, 3.8) is 0 Å². The van der Waals surface area contributed by atoms with E-state index in [0.29, 0.717) is 0 Å². The molecule has 1 heterocycles. The van der Waals surface area contributed by atoms with E-state index in [4.69, 9.17) is 10.8 Å². The Bertz CT molecular complexity index is 302. The number of hydrogen-bond acceptors (Lipinski definition) is 3. The summed E-state index contributed by atoms with van der Waals surface area (Å²) in [5.74, 6) is -0.267. The van der Waals surface area contributed by atoms with Crippen molar-refractivity contribution in [3.8, 4) is 5.75 Å². The third kappa shape index (κ3) is 1.30. The van der Waals surface area contributed by atoms with E-state index in [1.54, 1.807) is 0 Å². The van der Waals surface area contributed by atoms with Crippen molar-refractivity contribution < 1.29 is 13.9 Å². The van der Waals surface area contributed by atoms with Gasteiger partial charge in [0.1, 0.15) is 5.69 Å². The molecule has 1 aromatic rings. The van der Waals surface area contributed by atoms with E-state index in [1.165, 1.54) is 6.92 Å². The summed E-state index contributed by atoms with van der Waals surface area (Å²) in [6.45, 7) is 1.39. The first-order chi connectivity index (χ1) is 5.54. The maximum Gasteiger partial charge on any atom is 0.280 e. The number of nitrogen functional groups attached to an aromatic ring is 1. The summed E-state index contributed by atoms with van der Waals surface area (Å²) < 4.78 is 24.3. The highest BCUT2D eigenvalue weighted by Gasteiger charge is 2.15. The van der Waals surface area contributed by atoms with Crippen LogP contribution in [0.25, 0.3) is 0 Å². The average Bonchev–Trinajstić information content (AvgIpc) is 2.00. The Hall–Kier alpha value is -1.39. The number of anilines is 1. The molecule has 5 heteroatoms. The van der Waals surface area contributed by atoms with Crippen LogP contribution in [0.4, 0.5) is 14.5 Å². The van der Waals surface area contributed by atoms with Crippen molar-refractivity contribution >= 4 is 5.69 Å². The molecule has 0 aliphatic rings. The first-order valence-electron chi connectivity index (χ1n) is 3.26. The number of hydrogen-bond donors (Lipinski definition) is 2. The molecule has 0 amide bonds. The highest BCUT2D eigenvalue weighted by molar-refractivity contribution is 5.57. The van der Waals surface area contributed by atoms with Gasteiger partial charge in [0.15, 0.2) is 5.75 Å². The van der Waals surface area contributed by atoms with Gasteiger partial charge in [-0.3, -0.25) is 4.98 Å². The van der Waals surface area contributed by atoms with E-state index in [0.717, 1.165) is 6.20 Å². The second-order valence-electron chi connectivity index (χ2n) is 2.37. The Kier molecular flexibility index (Phi) is 2.12. The lowest BCUT2D eigenvalue weighted by Gasteiger charge is -2.07. The van der Waals surface area contributed by atoms with Crippen LogP contribution in [0.1, 0.15) is 17.7 Å². The summed E-state index contributed by atoms with van der Waals surface area (Å²) in [5.41, 5.74) is 5.00. The standard InChI is InChI=1S/C7H8F2N2O/c1-3-5(10)4(12)2-11-6(3)7(8)9/h2,7,12H,1H3,(H2,10,11). The van der Waals surface area contributed by atoms with Gasteiger partial charge in [-0.2, -0.15) is 0 Å². The van der Waals surface area contributed by atoms with Gasteiger partial charge < -0.3 is 10.8 Å². The van der Waals surface area contributed by atoms with Crippen LogP contribution in [0.3, 0.4) is 0 Å². The Morgan fingerprint density at radius 2 is 2.17 bits per heavy atom. The molecule has 0 bridgehead atoms. The second kappa shape index (κ2) is 2.92. The molecule has 0 aliphatic carbocycles. The lowest BCUT2D eigenvalue weighted by atomic mass is 10.2. The zero-order valence-corrected chi connectivity index (χ0v) is 6.38. The summed E-state index contributed by atoms with van der Waals surface area (Å²) in [6.07, 6.45) is -1.74. The Morgan fingerprint density at radius 3 is 2.67 bits per heavy atom. The lowest BCUT2D eigenvalue weighted by Crippen LogP contribution is -1.99. The zero-order chi connectivity index (χ0) is 9.30. The smallest absolute Gasteiger partial charge is 0.280 e. The zero-order valence-electron chi connectivity index (χ0n) is 6.38. The number of alkyl halides is 2. The van der Waals surface area contributed by atoms with Gasteiger partial charge in [0.2, 0.25) is 0 Å². The largest absolute Gasteiger partial charge is 0.504 e. The molecule has 0 fully saturated rings. The lowest BCUT2D eigenvalue weighted by molar-refractivity contribution is 0.145. The monoisotopic (exact) mass is 174 g/mol. The van der Waals surface area contributed by atoms with Crippen LogP contribution >= 0.6 is 0 Å². The van der Waals surface area contributed by atoms with Gasteiger partial charge in [-0.15, -0.1) is 0 Å². The normalized spacial score (nSPS) is 10.7. The highest BCUT2D eigenvalue weighted by Crippen LogP contribution is 2.29. The molecule has 0 spiro atoms. The molecule has 0 saturated heterocycles. The van der Waals surface area contributed by atoms with E-state index in [9.17, 15) is 8.78 Å². The van der Waals surface area contributed by atoms with Crippen LogP contribution < -0.4 is 5.73 Å². The van der Waals surface area contributed by atoms with E-state index < -0.39 is 6.43 Å². The van der Waals surface area contributed by atoms with E-state index in [-0.39, 0.29) is 22.7 Å². The SMILES string of the molecule is Cc1c(C(F)F)ncc(O)c1N. The van der Waals surface area contributed by atoms with Crippen molar-refractivity contribution in [1.29, 1.82) is 0 Å². The molecule has 0 atom stereocenters. The van der Waals surface area contributed by atoms with Crippen molar-refractivity contribution in [2.75, 3.05) is 5.73 Å². The van der Waals surface area contributed by atoms with Gasteiger partial charge in [0, 0.05) is 5.56 Å². The average molecular weight is 174 g/mol. The third-order valence-corrected chi connectivity index (χ3v) is 1.60. The summed E-state index contributed by atoms with van der Waals surface area (Å²) in [4.78, 5) is 3.36. The Balaban J connectivity index is 3.27. The fourth-order valence-corrected chi connectivity index (χ4v) is 0.847. The summed E-state index contributed by atoms with van der Waals surface area (Å²) in [7, 11) is 0. The molecule has 12 heavy (non-hydrogen) atoms. The number of nitrogens with zero attached hydrogens (tertiary/aromatic N) is 1. The first-order valence-corrected chi connectivity index (χ1v) is 3.26. The second-order valence-corrected chi connectivity index (χ2v) is 2.37. The minimum absolute atomic E-state index is 0.0414. The van der Waals surface area contributed by atoms with Crippen LogP contribution in [0, 0.1) is 6.92 Å². The number of nitrogens with two attached hydrogens (primary N) is 1. The molecule has 1 rings (SSSR count). The fourth-order valence-electron chi connectivity index (χ4n) is 0.847. The molecule has 0 saturated carbocycles. The van der Waals surface area contributed by atoms with Gasteiger partial charge in [0.25, 0.3) is 6.43 Å². The molecule has 3 N–H and O–H groups in total. The van der Waals surface area contributed by atoms with Gasteiger partial charge >= 0.3 is 0 Å². The molecule has 0 radical (unpaired) electrons.